The van der Waals surface area contributed by atoms with Gasteiger partial charge in [-0.05, 0) is 42.8 Å². The summed E-state index contributed by atoms with van der Waals surface area (Å²) in [5.41, 5.74) is 7.57. The Bertz CT molecular complexity index is 612. The maximum absolute atomic E-state index is 13.1. The Balaban J connectivity index is 1.92. The van der Waals surface area contributed by atoms with E-state index in [1.807, 2.05) is 0 Å². The summed E-state index contributed by atoms with van der Waals surface area (Å²) in [7, 11) is 0. The van der Waals surface area contributed by atoms with Crippen molar-refractivity contribution in [2.45, 2.75) is 6.92 Å². The normalized spacial score (nSPS) is 10.1. The number of carbonyl (C=O) groups excluding carboxylic acids is 1. The summed E-state index contributed by atoms with van der Waals surface area (Å²) in [6.07, 6.45) is 0. The Labute approximate surface area is 116 Å². The van der Waals surface area contributed by atoms with Gasteiger partial charge in [0.1, 0.15) is 11.6 Å². The van der Waals surface area contributed by atoms with Crippen LogP contribution in [0.1, 0.15) is 5.56 Å². The van der Waals surface area contributed by atoms with Crippen LogP contribution in [-0.4, -0.2) is 12.5 Å². The van der Waals surface area contributed by atoms with Crippen molar-refractivity contribution in [1.29, 1.82) is 0 Å². The van der Waals surface area contributed by atoms with Crippen molar-refractivity contribution >= 4 is 17.3 Å². The number of hydrogen-bond acceptors (Lipinski definition) is 3. The van der Waals surface area contributed by atoms with Gasteiger partial charge in [0.2, 0.25) is 0 Å². The zero-order valence-electron chi connectivity index (χ0n) is 11.0. The lowest BCUT2D eigenvalue weighted by atomic mass is 10.2. The monoisotopic (exact) mass is 274 g/mol. The number of carbonyl (C=O) groups is 1. The zero-order chi connectivity index (χ0) is 14.5. The van der Waals surface area contributed by atoms with Gasteiger partial charge in [0.25, 0.3) is 5.91 Å². The number of nitrogens with two attached hydrogens (primary N) is 1. The van der Waals surface area contributed by atoms with E-state index < -0.39 is 5.82 Å². The molecule has 0 aliphatic heterocycles. The molecule has 2 rings (SSSR count). The molecule has 0 heterocycles. The van der Waals surface area contributed by atoms with Gasteiger partial charge in [-0.2, -0.15) is 0 Å². The van der Waals surface area contributed by atoms with Gasteiger partial charge in [0, 0.05) is 17.4 Å². The summed E-state index contributed by atoms with van der Waals surface area (Å²) in [5.74, 6) is -0.361. The number of nitrogen functional groups attached to an aromatic ring is 1. The first kappa shape index (κ1) is 13.9. The zero-order valence-corrected chi connectivity index (χ0v) is 11.0. The van der Waals surface area contributed by atoms with Crippen LogP contribution in [0.3, 0.4) is 0 Å². The van der Waals surface area contributed by atoms with E-state index in [1.165, 1.54) is 12.1 Å². The van der Waals surface area contributed by atoms with Crippen LogP contribution < -0.4 is 15.8 Å². The molecule has 1 amide bonds. The minimum atomic E-state index is -0.399. The fraction of sp³-hybridized carbons (Fsp3) is 0.133. The van der Waals surface area contributed by atoms with Crippen molar-refractivity contribution in [2.75, 3.05) is 17.7 Å². The van der Waals surface area contributed by atoms with Crippen LogP contribution in [0.25, 0.3) is 0 Å². The number of nitrogens with one attached hydrogen (secondary N) is 1. The SMILES string of the molecule is Cc1ccc(F)cc1OCC(=O)Nc1ccc(N)cc1. The van der Waals surface area contributed by atoms with E-state index in [1.54, 1.807) is 37.3 Å². The Morgan fingerprint density at radius 3 is 2.65 bits per heavy atom. The number of rotatable bonds is 4. The number of benzene rings is 2. The Morgan fingerprint density at radius 1 is 1.25 bits per heavy atom. The average Bonchev–Trinajstić information content (AvgIpc) is 2.42. The maximum Gasteiger partial charge on any atom is 0.262 e. The highest BCUT2D eigenvalue weighted by Crippen LogP contribution is 2.18. The molecule has 0 unspecified atom stereocenters. The summed E-state index contributed by atoms with van der Waals surface area (Å²) in [5, 5.41) is 2.66. The molecule has 0 radical (unpaired) electrons. The lowest BCUT2D eigenvalue weighted by Gasteiger charge is -2.09. The number of aryl methyl sites for hydroxylation is 1. The van der Waals surface area contributed by atoms with E-state index in [0.717, 1.165) is 5.56 Å². The molecule has 0 aromatic heterocycles. The van der Waals surface area contributed by atoms with Gasteiger partial charge < -0.3 is 15.8 Å². The second-order valence-corrected chi connectivity index (χ2v) is 4.37. The van der Waals surface area contributed by atoms with Crippen LogP contribution in [0.4, 0.5) is 15.8 Å². The quantitative estimate of drug-likeness (QED) is 0.842. The van der Waals surface area contributed by atoms with Crippen LogP contribution in [0.2, 0.25) is 0 Å². The van der Waals surface area contributed by atoms with Gasteiger partial charge in [0.05, 0.1) is 0 Å². The molecule has 0 atom stereocenters. The molecular weight excluding hydrogens is 259 g/mol. The van der Waals surface area contributed by atoms with Gasteiger partial charge >= 0.3 is 0 Å². The third-order valence-electron chi connectivity index (χ3n) is 2.70. The van der Waals surface area contributed by atoms with E-state index in [2.05, 4.69) is 5.32 Å². The first-order chi connectivity index (χ1) is 9.54. The number of ether oxygens (including phenoxy) is 1. The Morgan fingerprint density at radius 2 is 1.95 bits per heavy atom. The fourth-order valence-corrected chi connectivity index (χ4v) is 1.64. The van der Waals surface area contributed by atoms with Crippen LogP contribution >= 0.6 is 0 Å². The lowest BCUT2D eigenvalue weighted by Crippen LogP contribution is -2.20. The third-order valence-corrected chi connectivity index (χ3v) is 2.70. The molecule has 5 heteroatoms. The molecule has 2 aromatic carbocycles. The molecule has 104 valence electrons. The van der Waals surface area contributed by atoms with Crippen molar-refractivity contribution in [2.24, 2.45) is 0 Å². The highest BCUT2D eigenvalue weighted by Gasteiger charge is 2.06. The molecule has 4 nitrogen and oxygen atoms in total. The van der Waals surface area contributed by atoms with Gasteiger partial charge in [-0.3, -0.25) is 4.79 Å². The average molecular weight is 274 g/mol. The minimum absolute atomic E-state index is 0.186. The van der Waals surface area contributed by atoms with Crippen LogP contribution in [0.5, 0.6) is 5.75 Å². The van der Waals surface area contributed by atoms with E-state index in [-0.39, 0.29) is 12.5 Å². The first-order valence-corrected chi connectivity index (χ1v) is 6.09. The van der Waals surface area contributed by atoms with Crippen LogP contribution in [-0.2, 0) is 4.79 Å². The summed E-state index contributed by atoms with van der Waals surface area (Å²) in [4.78, 5) is 11.7. The molecule has 3 N–H and O–H groups in total. The van der Waals surface area contributed by atoms with E-state index >= 15 is 0 Å². The highest BCUT2D eigenvalue weighted by molar-refractivity contribution is 5.92. The van der Waals surface area contributed by atoms with Gasteiger partial charge in [-0.25, -0.2) is 4.39 Å². The molecule has 0 aliphatic rings. The van der Waals surface area contributed by atoms with Gasteiger partial charge in [-0.1, -0.05) is 6.07 Å². The second kappa shape index (κ2) is 6.06. The maximum atomic E-state index is 13.1. The van der Waals surface area contributed by atoms with E-state index in [4.69, 9.17) is 10.5 Å². The Kier molecular flexibility index (Phi) is 4.20. The van der Waals surface area contributed by atoms with Gasteiger partial charge in [0.15, 0.2) is 6.61 Å². The number of anilines is 2. The Hall–Kier alpha value is -2.56. The number of hydrogen-bond donors (Lipinski definition) is 2. The van der Waals surface area contributed by atoms with Gasteiger partial charge in [-0.15, -0.1) is 0 Å². The molecular formula is C15H15FN2O2. The lowest BCUT2D eigenvalue weighted by molar-refractivity contribution is -0.118. The van der Waals surface area contributed by atoms with Crippen molar-refractivity contribution in [3.05, 3.63) is 53.8 Å². The van der Waals surface area contributed by atoms with E-state index in [0.29, 0.717) is 17.1 Å². The molecule has 0 spiro atoms. The van der Waals surface area contributed by atoms with Crippen molar-refractivity contribution in [3.8, 4) is 5.75 Å². The van der Waals surface area contributed by atoms with Crippen LogP contribution in [0, 0.1) is 12.7 Å². The fourth-order valence-electron chi connectivity index (χ4n) is 1.64. The number of halogens is 1. The molecule has 0 aliphatic carbocycles. The molecule has 0 saturated carbocycles. The standard InChI is InChI=1S/C15H15FN2O2/c1-10-2-3-11(16)8-14(10)20-9-15(19)18-13-6-4-12(17)5-7-13/h2-8H,9,17H2,1H3,(H,18,19). The molecule has 0 bridgehead atoms. The van der Waals surface area contributed by atoms with Crippen LogP contribution in [0.15, 0.2) is 42.5 Å². The molecule has 20 heavy (non-hydrogen) atoms. The number of amides is 1. The largest absolute Gasteiger partial charge is 0.483 e. The highest BCUT2D eigenvalue weighted by atomic mass is 19.1. The first-order valence-electron chi connectivity index (χ1n) is 6.09. The van der Waals surface area contributed by atoms with E-state index in [9.17, 15) is 9.18 Å². The van der Waals surface area contributed by atoms with Crippen molar-refractivity contribution in [1.82, 2.24) is 0 Å². The molecule has 2 aromatic rings. The molecule has 0 fully saturated rings. The topological polar surface area (TPSA) is 64.3 Å². The predicted molar refractivity (Wildman–Crippen MR) is 76.1 cm³/mol. The summed E-state index contributed by atoms with van der Waals surface area (Å²) < 4.78 is 18.4. The summed E-state index contributed by atoms with van der Waals surface area (Å²) in [6.45, 7) is 1.60. The third kappa shape index (κ3) is 3.71. The van der Waals surface area contributed by atoms with Crippen molar-refractivity contribution < 1.29 is 13.9 Å². The van der Waals surface area contributed by atoms with Crippen molar-refractivity contribution in [3.63, 3.8) is 0 Å². The molecule has 0 saturated heterocycles. The summed E-state index contributed by atoms with van der Waals surface area (Å²) >= 11 is 0. The smallest absolute Gasteiger partial charge is 0.262 e. The minimum Gasteiger partial charge on any atom is -0.483 e. The second-order valence-electron chi connectivity index (χ2n) is 4.37. The predicted octanol–water partition coefficient (Wildman–Crippen LogP) is 2.73. The summed E-state index contributed by atoms with van der Waals surface area (Å²) in [6, 6.07) is 11.0.